The van der Waals surface area contributed by atoms with Crippen molar-refractivity contribution in [3.05, 3.63) is 29.8 Å². The minimum atomic E-state index is -0.778. The fourth-order valence-electron chi connectivity index (χ4n) is 1.56. The molecule has 16 heavy (non-hydrogen) atoms. The number of carboxylic acid groups (broad SMARTS) is 1. The van der Waals surface area contributed by atoms with E-state index < -0.39 is 5.97 Å². The average molecular weight is 238 g/mol. The molecule has 0 aromatic heterocycles. The molecule has 1 N–H and O–H groups in total. The van der Waals surface area contributed by atoms with Crippen molar-refractivity contribution in [3.8, 4) is 0 Å². The lowest BCUT2D eigenvalue weighted by Gasteiger charge is -2.09. The molecule has 3 heteroatoms. The second-order valence-electron chi connectivity index (χ2n) is 3.93. The smallest absolute Gasteiger partial charge is 0.307 e. The Labute approximate surface area is 101 Å². The molecule has 88 valence electrons. The van der Waals surface area contributed by atoms with Crippen molar-refractivity contribution in [1.82, 2.24) is 0 Å². The van der Waals surface area contributed by atoms with Crippen molar-refractivity contribution >= 4 is 17.7 Å². The monoisotopic (exact) mass is 238 g/mol. The Hall–Kier alpha value is -0.960. The van der Waals surface area contributed by atoms with Crippen LogP contribution >= 0.6 is 11.8 Å². The Morgan fingerprint density at radius 2 is 2.00 bits per heavy atom. The van der Waals surface area contributed by atoms with Gasteiger partial charge >= 0.3 is 5.97 Å². The molecule has 2 nitrogen and oxygen atoms in total. The number of rotatable bonds is 6. The molecule has 0 aliphatic carbocycles. The molecule has 1 aromatic carbocycles. The molecule has 0 amide bonds. The molecule has 0 aliphatic rings. The number of aliphatic carboxylic acids is 1. The number of carbonyl (C=O) groups is 1. The molecular formula is C13H18O2S. The highest BCUT2D eigenvalue weighted by molar-refractivity contribution is 7.99. The third-order valence-corrected chi connectivity index (χ3v) is 3.49. The van der Waals surface area contributed by atoms with Gasteiger partial charge < -0.3 is 5.11 Å². The number of hydrogen-bond donors (Lipinski definition) is 1. The van der Waals surface area contributed by atoms with Crippen molar-refractivity contribution in [2.75, 3.05) is 0 Å². The van der Waals surface area contributed by atoms with Gasteiger partial charge in [0, 0.05) is 10.1 Å². The van der Waals surface area contributed by atoms with Gasteiger partial charge in [0.05, 0.1) is 6.42 Å². The van der Waals surface area contributed by atoms with E-state index in [1.807, 2.05) is 36.0 Å². The van der Waals surface area contributed by atoms with Crippen LogP contribution in [0.5, 0.6) is 0 Å². The van der Waals surface area contributed by atoms with E-state index in [2.05, 4.69) is 13.8 Å². The summed E-state index contributed by atoms with van der Waals surface area (Å²) in [5, 5.41) is 9.27. The highest BCUT2D eigenvalue weighted by atomic mass is 32.2. The van der Waals surface area contributed by atoms with Crippen molar-refractivity contribution in [2.24, 2.45) is 0 Å². The second-order valence-corrected chi connectivity index (χ2v) is 5.44. The third-order valence-electron chi connectivity index (χ3n) is 2.31. The van der Waals surface area contributed by atoms with Crippen molar-refractivity contribution in [2.45, 2.75) is 43.3 Å². The van der Waals surface area contributed by atoms with Crippen LogP contribution in [0.3, 0.4) is 0 Å². The van der Waals surface area contributed by atoms with E-state index in [9.17, 15) is 4.79 Å². The molecule has 0 saturated heterocycles. The van der Waals surface area contributed by atoms with Crippen LogP contribution in [0.4, 0.5) is 0 Å². The van der Waals surface area contributed by atoms with Crippen LogP contribution in [0.25, 0.3) is 0 Å². The van der Waals surface area contributed by atoms with Gasteiger partial charge in [-0.25, -0.2) is 0 Å². The first-order valence-electron chi connectivity index (χ1n) is 5.59. The molecule has 1 rings (SSSR count). The molecule has 0 heterocycles. The molecule has 0 bridgehead atoms. The third kappa shape index (κ3) is 4.71. The summed E-state index contributed by atoms with van der Waals surface area (Å²) in [6, 6.07) is 7.81. The molecular weight excluding hydrogens is 220 g/mol. The summed E-state index contributed by atoms with van der Waals surface area (Å²) < 4.78 is 0. The molecule has 1 unspecified atom stereocenters. The zero-order valence-corrected chi connectivity index (χ0v) is 10.6. The van der Waals surface area contributed by atoms with Crippen molar-refractivity contribution in [1.29, 1.82) is 0 Å². The van der Waals surface area contributed by atoms with E-state index in [0.29, 0.717) is 5.25 Å². The first-order chi connectivity index (χ1) is 7.61. The van der Waals surface area contributed by atoms with Crippen molar-refractivity contribution < 1.29 is 9.90 Å². The maximum Gasteiger partial charge on any atom is 0.307 e. The van der Waals surface area contributed by atoms with Gasteiger partial charge in [-0.2, -0.15) is 0 Å². The van der Waals surface area contributed by atoms with Gasteiger partial charge in [0.1, 0.15) is 0 Å². The van der Waals surface area contributed by atoms with Crippen LogP contribution in [0.1, 0.15) is 32.3 Å². The number of benzene rings is 1. The maximum atomic E-state index is 10.5. The fraction of sp³-hybridized carbons (Fsp3) is 0.462. The molecule has 0 saturated carbocycles. The minimum absolute atomic E-state index is 0.107. The lowest BCUT2D eigenvalue weighted by molar-refractivity contribution is -0.136. The lowest BCUT2D eigenvalue weighted by atomic mass is 10.2. The Kier molecular flexibility index (Phi) is 5.39. The van der Waals surface area contributed by atoms with Gasteiger partial charge in [0.2, 0.25) is 0 Å². The summed E-state index contributed by atoms with van der Waals surface area (Å²) in [4.78, 5) is 11.7. The summed E-state index contributed by atoms with van der Waals surface area (Å²) in [5.41, 5.74) is 0.861. The normalized spacial score (nSPS) is 12.4. The summed E-state index contributed by atoms with van der Waals surface area (Å²) in [7, 11) is 0. The van der Waals surface area contributed by atoms with Gasteiger partial charge in [-0.15, -0.1) is 11.8 Å². The van der Waals surface area contributed by atoms with Crippen LogP contribution in [0.2, 0.25) is 0 Å². The van der Waals surface area contributed by atoms with E-state index in [4.69, 9.17) is 5.11 Å². The highest BCUT2D eigenvalue weighted by Crippen LogP contribution is 2.26. The van der Waals surface area contributed by atoms with Gasteiger partial charge in [0.15, 0.2) is 0 Å². The first-order valence-corrected chi connectivity index (χ1v) is 6.47. The summed E-state index contributed by atoms with van der Waals surface area (Å²) in [6.45, 7) is 4.41. The Morgan fingerprint density at radius 1 is 1.38 bits per heavy atom. The van der Waals surface area contributed by atoms with Crippen LogP contribution in [-0.2, 0) is 11.2 Å². The quantitative estimate of drug-likeness (QED) is 0.769. The lowest BCUT2D eigenvalue weighted by Crippen LogP contribution is -1.99. The largest absolute Gasteiger partial charge is 0.481 e. The first kappa shape index (κ1) is 13.1. The SMILES string of the molecule is CCCC(C)Sc1ccc(CC(=O)O)cc1. The van der Waals surface area contributed by atoms with Gasteiger partial charge in [0.25, 0.3) is 0 Å². The minimum Gasteiger partial charge on any atom is -0.481 e. The Balaban J connectivity index is 2.54. The van der Waals surface area contributed by atoms with Gasteiger partial charge in [-0.05, 0) is 24.1 Å². The standard InChI is InChI=1S/C13H18O2S/c1-3-4-10(2)16-12-7-5-11(6-8-12)9-13(14)15/h5-8,10H,3-4,9H2,1-2H3,(H,14,15). The van der Waals surface area contributed by atoms with Gasteiger partial charge in [-0.1, -0.05) is 32.4 Å². The number of thioether (sulfide) groups is 1. The van der Waals surface area contributed by atoms with E-state index in [1.165, 1.54) is 17.7 Å². The van der Waals surface area contributed by atoms with Gasteiger partial charge in [-0.3, -0.25) is 4.79 Å². The van der Waals surface area contributed by atoms with E-state index in [-0.39, 0.29) is 6.42 Å². The molecule has 0 fully saturated rings. The number of carboxylic acids is 1. The highest BCUT2D eigenvalue weighted by Gasteiger charge is 2.04. The maximum absolute atomic E-state index is 10.5. The van der Waals surface area contributed by atoms with Crippen LogP contribution in [0.15, 0.2) is 29.2 Å². The Morgan fingerprint density at radius 3 is 2.50 bits per heavy atom. The molecule has 0 radical (unpaired) electrons. The van der Waals surface area contributed by atoms with Crippen LogP contribution < -0.4 is 0 Å². The van der Waals surface area contributed by atoms with E-state index in [1.54, 1.807) is 0 Å². The predicted octanol–water partition coefficient (Wildman–Crippen LogP) is 3.59. The summed E-state index contributed by atoms with van der Waals surface area (Å²) >= 11 is 1.85. The summed E-state index contributed by atoms with van der Waals surface area (Å²) in [6.07, 6.45) is 2.52. The zero-order chi connectivity index (χ0) is 12.0. The fourth-order valence-corrected chi connectivity index (χ4v) is 2.67. The molecule has 0 spiro atoms. The van der Waals surface area contributed by atoms with Crippen molar-refractivity contribution in [3.63, 3.8) is 0 Å². The molecule has 1 atom stereocenters. The van der Waals surface area contributed by atoms with Crippen LogP contribution in [-0.4, -0.2) is 16.3 Å². The summed E-state index contributed by atoms with van der Waals surface area (Å²) in [5.74, 6) is -0.778. The molecule has 0 aliphatic heterocycles. The van der Waals surface area contributed by atoms with E-state index >= 15 is 0 Å². The average Bonchev–Trinajstić information content (AvgIpc) is 2.20. The Bertz CT molecular complexity index is 332. The topological polar surface area (TPSA) is 37.3 Å². The molecule has 1 aromatic rings. The second kappa shape index (κ2) is 6.59. The van der Waals surface area contributed by atoms with E-state index in [0.717, 1.165) is 5.56 Å². The predicted molar refractivity (Wildman–Crippen MR) is 68.0 cm³/mol. The number of hydrogen-bond acceptors (Lipinski definition) is 2. The van der Waals surface area contributed by atoms with Crippen LogP contribution in [0, 0.1) is 0 Å². The zero-order valence-electron chi connectivity index (χ0n) is 9.77.